The van der Waals surface area contributed by atoms with Crippen LogP contribution in [0.4, 0.5) is 0 Å². The highest BCUT2D eigenvalue weighted by molar-refractivity contribution is 5.89. The minimum absolute atomic E-state index is 0.127. The maximum Gasteiger partial charge on any atom is 0.330 e. The van der Waals surface area contributed by atoms with Gasteiger partial charge in [0.2, 0.25) is 23.8 Å². The number of phenolic OH excluding ortho intramolecular Hbond substituents is 5. The topological polar surface area (TPSA) is 375 Å². The Morgan fingerprint density at radius 1 is 0.703 bits per heavy atom. The molecule has 3 aliphatic rings. The van der Waals surface area contributed by atoms with Crippen molar-refractivity contribution in [1.82, 2.24) is 0 Å². The molecule has 0 spiro atoms. The third-order valence-corrected chi connectivity index (χ3v) is 10.6. The van der Waals surface area contributed by atoms with Crippen LogP contribution in [0.2, 0.25) is 0 Å². The van der Waals surface area contributed by atoms with E-state index < -0.39 is 162 Å². The molecule has 4 heterocycles. The molecule has 4 aromatic rings. The van der Waals surface area contributed by atoms with E-state index in [9.17, 15) is 76.0 Å². The van der Waals surface area contributed by atoms with Gasteiger partial charge in [-0.05, 0) is 48.9 Å². The SMILES string of the molecule is C[C@@H]1O[C@@H](Oc2cc(O)c3c(=O)c(O[C@@H]4OC[C@@H](O)[C@H](O)[C@H]4O[C@@H]4O[C@H](COC(=O)/C=C/c5ccc(O)c(O)c5)[C@@H](O)[C@H](O)[C@H]4O)c(-c4ccc(O)c(O)c4)oc3c2)[C@H](O)[C@H](O)[C@H]1O. The summed E-state index contributed by atoms with van der Waals surface area (Å²) in [5.74, 6) is -5.41. The maximum atomic E-state index is 14.3. The molecule has 3 aromatic carbocycles. The number of aliphatic hydroxyl groups excluding tert-OH is 8. The standard InChI is InChI=1S/C41H44O23/c1-14-28(49)32(53)34(55)39(59-14)60-17-10-22(46)27-24(11-17)61-36(16-4-6-19(43)21(45)9-16)37(31(27)52)63-41-38(29(50)23(47)12-58-41)64-40-35(56)33(54)30(51)25(62-40)13-57-26(48)7-3-15-2-5-18(42)20(44)8-15/h2-11,14,23,25,28-30,32-35,38-47,49-51,53-56H,12-13H2,1H3/b7-3+/t14-,23+,25+,28-,29-,30+,32+,33-,34+,35+,38+,39-,40-,41-/m0/s1. The van der Waals surface area contributed by atoms with Crippen molar-refractivity contribution >= 4 is 23.0 Å². The predicted molar refractivity (Wildman–Crippen MR) is 210 cm³/mol. The highest BCUT2D eigenvalue weighted by Crippen LogP contribution is 2.40. The minimum Gasteiger partial charge on any atom is -0.507 e. The molecule has 3 saturated heterocycles. The highest BCUT2D eigenvalue weighted by atomic mass is 16.8. The maximum absolute atomic E-state index is 14.3. The van der Waals surface area contributed by atoms with Crippen LogP contribution in [0.15, 0.2) is 63.8 Å². The van der Waals surface area contributed by atoms with Crippen LogP contribution in [0.1, 0.15) is 12.5 Å². The lowest BCUT2D eigenvalue weighted by Crippen LogP contribution is -2.63. The molecular weight excluding hydrogens is 860 g/mol. The number of aliphatic hydroxyl groups is 8. The van der Waals surface area contributed by atoms with Crippen LogP contribution in [0.25, 0.3) is 28.4 Å². The Kier molecular flexibility index (Phi) is 13.5. The summed E-state index contributed by atoms with van der Waals surface area (Å²) in [5.41, 5.74) is -1.34. The van der Waals surface area contributed by atoms with Crippen LogP contribution in [0, 0.1) is 0 Å². The number of carbonyl (C=O) groups is 1. The van der Waals surface area contributed by atoms with Crippen molar-refractivity contribution in [3.63, 3.8) is 0 Å². The molecule has 0 unspecified atom stereocenters. The molecule has 0 bridgehead atoms. The van der Waals surface area contributed by atoms with E-state index in [1.54, 1.807) is 0 Å². The van der Waals surface area contributed by atoms with Crippen LogP contribution < -0.4 is 14.9 Å². The Bertz CT molecular complexity index is 2420. The van der Waals surface area contributed by atoms with Crippen molar-refractivity contribution in [3.8, 4) is 51.6 Å². The normalized spacial score (nSPS) is 32.1. The lowest BCUT2D eigenvalue weighted by molar-refractivity contribution is -0.348. The number of rotatable bonds is 11. The molecule has 23 nitrogen and oxygen atoms in total. The van der Waals surface area contributed by atoms with E-state index in [1.165, 1.54) is 31.2 Å². The number of aromatic hydroxyl groups is 5. The number of hydrogen-bond acceptors (Lipinski definition) is 23. The first kappa shape index (κ1) is 46.2. The summed E-state index contributed by atoms with van der Waals surface area (Å²) in [6.45, 7) is 0.0258. The largest absolute Gasteiger partial charge is 0.507 e. The third-order valence-electron chi connectivity index (χ3n) is 10.6. The zero-order valence-electron chi connectivity index (χ0n) is 33.2. The van der Waals surface area contributed by atoms with Gasteiger partial charge in [-0.2, -0.15) is 0 Å². The van der Waals surface area contributed by atoms with Crippen LogP contribution in [0.5, 0.6) is 40.2 Å². The molecular formula is C41H44O23. The van der Waals surface area contributed by atoms with Crippen LogP contribution in [-0.4, -0.2) is 172 Å². The quantitative estimate of drug-likeness (QED) is 0.0444. The molecule has 13 N–H and O–H groups in total. The number of fused-ring (bicyclic) bond motifs is 1. The van der Waals surface area contributed by atoms with E-state index in [-0.39, 0.29) is 11.3 Å². The third kappa shape index (κ3) is 9.37. The van der Waals surface area contributed by atoms with Crippen LogP contribution in [0.3, 0.4) is 0 Å². The van der Waals surface area contributed by atoms with Crippen molar-refractivity contribution < 1.29 is 109 Å². The van der Waals surface area contributed by atoms with Crippen molar-refractivity contribution in [2.24, 2.45) is 0 Å². The van der Waals surface area contributed by atoms with Gasteiger partial charge in [-0.1, -0.05) is 6.07 Å². The summed E-state index contributed by atoms with van der Waals surface area (Å²) in [5, 5.41) is 135. The lowest BCUT2D eigenvalue weighted by Gasteiger charge is -2.44. The van der Waals surface area contributed by atoms with E-state index in [2.05, 4.69) is 0 Å². The van der Waals surface area contributed by atoms with E-state index in [0.717, 1.165) is 36.4 Å². The van der Waals surface area contributed by atoms with Gasteiger partial charge in [0.05, 0.1) is 12.7 Å². The Hall–Kier alpha value is -5.80. The zero-order chi connectivity index (χ0) is 46.3. The number of esters is 1. The van der Waals surface area contributed by atoms with E-state index in [4.69, 9.17) is 37.6 Å². The Morgan fingerprint density at radius 2 is 1.38 bits per heavy atom. The summed E-state index contributed by atoms with van der Waals surface area (Å²) >= 11 is 0. The highest BCUT2D eigenvalue weighted by Gasteiger charge is 2.50. The number of carbonyl (C=O) groups excluding carboxylic acids is 1. The lowest BCUT2D eigenvalue weighted by atomic mass is 9.98. The van der Waals surface area contributed by atoms with E-state index in [0.29, 0.717) is 5.56 Å². The molecule has 23 heteroatoms. The fourth-order valence-corrected chi connectivity index (χ4v) is 7.00. The van der Waals surface area contributed by atoms with Gasteiger partial charge < -0.3 is 104 Å². The van der Waals surface area contributed by atoms with Gasteiger partial charge in [0.1, 0.15) is 84.0 Å². The predicted octanol–water partition coefficient (Wildman–Crippen LogP) is -1.90. The molecule has 0 radical (unpaired) electrons. The molecule has 14 atom stereocenters. The number of hydrogen-bond donors (Lipinski definition) is 13. The average molecular weight is 905 g/mol. The molecule has 0 amide bonds. The van der Waals surface area contributed by atoms with Crippen LogP contribution in [-0.2, 0) is 28.5 Å². The molecule has 346 valence electrons. The van der Waals surface area contributed by atoms with Gasteiger partial charge in [-0.15, -0.1) is 0 Å². The second-order valence-corrected chi connectivity index (χ2v) is 15.1. The number of phenols is 5. The first-order valence-corrected chi connectivity index (χ1v) is 19.4. The fraction of sp³-hybridized carbons (Fsp3) is 0.415. The smallest absolute Gasteiger partial charge is 0.330 e. The Balaban J connectivity index is 1.16. The van der Waals surface area contributed by atoms with Crippen molar-refractivity contribution in [3.05, 3.63) is 70.4 Å². The van der Waals surface area contributed by atoms with Crippen molar-refractivity contribution in [1.29, 1.82) is 0 Å². The van der Waals surface area contributed by atoms with Crippen molar-refractivity contribution in [2.45, 2.75) is 92.9 Å². The van der Waals surface area contributed by atoms with Gasteiger partial charge in [0.15, 0.2) is 41.2 Å². The number of benzene rings is 3. The summed E-state index contributed by atoms with van der Waals surface area (Å²) in [6.07, 6.45) is -22.3. The average Bonchev–Trinajstić information content (AvgIpc) is 3.26. The van der Waals surface area contributed by atoms with E-state index in [1.807, 2.05) is 0 Å². The molecule has 0 saturated carbocycles. The second-order valence-electron chi connectivity index (χ2n) is 15.1. The first-order valence-electron chi connectivity index (χ1n) is 19.4. The summed E-state index contributed by atoms with van der Waals surface area (Å²) in [7, 11) is 0. The minimum atomic E-state index is -2.07. The Morgan fingerprint density at radius 3 is 2.08 bits per heavy atom. The molecule has 3 fully saturated rings. The zero-order valence-corrected chi connectivity index (χ0v) is 33.2. The summed E-state index contributed by atoms with van der Waals surface area (Å²) in [4.78, 5) is 26.8. The summed E-state index contributed by atoms with van der Waals surface area (Å²) < 4.78 is 45.3. The first-order chi connectivity index (χ1) is 30.3. The van der Waals surface area contributed by atoms with Gasteiger partial charge in [-0.3, -0.25) is 4.79 Å². The fourth-order valence-electron chi connectivity index (χ4n) is 7.00. The van der Waals surface area contributed by atoms with Gasteiger partial charge >= 0.3 is 5.97 Å². The number of ether oxygens (including phenoxy) is 7. The van der Waals surface area contributed by atoms with E-state index >= 15 is 0 Å². The van der Waals surface area contributed by atoms with Crippen LogP contribution >= 0.6 is 0 Å². The molecule has 3 aliphatic heterocycles. The monoisotopic (exact) mass is 904 g/mol. The second kappa shape index (κ2) is 18.7. The molecule has 1 aromatic heterocycles. The van der Waals surface area contributed by atoms with Gasteiger partial charge in [0, 0.05) is 23.8 Å². The van der Waals surface area contributed by atoms with Gasteiger partial charge in [0.25, 0.3) is 0 Å². The summed E-state index contributed by atoms with van der Waals surface area (Å²) in [6, 6.07) is 8.96. The van der Waals surface area contributed by atoms with Crippen molar-refractivity contribution in [2.75, 3.05) is 13.2 Å². The van der Waals surface area contributed by atoms with Gasteiger partial charge in [-0.25, -0.2) is 4.79 Å². The Labute approximate surface area is 359 Å². The molecule has 0 aliphatic carbocycles. The molecule has 7 rings (SSSR count). The molecule has 64 heavy (non-hydrogen) atoms.